The third-order valence-electron chi connectivity index (χ3n) is 3.52. The molecular formula is C15H14F2OS. The Labute approximate surface area is 114 Å². The maximum absolute atomic E-state index is 13.5. The summed E-state index contributed by atoms with van der Waals surface area (Å²) in [6, 6.07) is 5.35. The van der Waals surface area contributed by atoms with E-state index in [1.807, 2.05) is 6.07 Å². The summed E-state index contributed by atoms with van der Waals surface area (Å²) in [5.74, 6) is -0.943. The molecule has 19 heavy (non-hydrogen) atoms. The topological polar surface area (TPSA) is 20.2 Å². The van der Waals surface area contributed by atoms with Gasteiger partial charge < -0.3 is 5.11 Å². The molecule has 0 radical (unpaired) electrons. The molecule has 1 aliphatic carbocycles. The van der Waals surface area contributed by atoms with E-state index in [2.05, 4.69) is 0 Å². The molecule has 0 aliphatic heterocycles. The van der Waals surface area contributed by atoms with Gasteiger partial charge in [-0.2, -0.15) is 0 Å². The van der Waals surface area contributed by atoms with Crippen molar-refractivity contribution in [3.63, 3.8) is 0 Å². The number of benzene rings is 1. The first-order chi connectivity index (χ1) is 9.13. The molecule has 0 fully saturated rings. The second kappa shape index (κ2) is 5.02. The number of fused-ring (bicyclic) bond motifs is 1. The van der Waals surface area contributed by atoms with Crippen molar-refractivity contribution in [2.45, 2.75) is 31.8 Å². The van der Waals surface area contributed by atoms with Crippen LogP contribution in [0, 0.1) is 11.6 Å². The lowest BCUT2D eigenvalue weighted by Crippen LogP contribution is -2.02. The van der Waals surface area contributed by atoms with Crippen LogP contribution in [0.15, 0.2) is 24.3 Å². The average molecular weight is 280 g/mol. The Hall–Kier alpha value is -1.26. The Morgan fingerprint density at radius 2 is 2.05 bits per heavy atom. The quantitative estimate of drug-likeness (QED) is 0.907. The number of aliphatic hydroxyl groups is 1. The standard InChI is InChI=1S/C15H14F2OS/c16-11-4-5-12(17)10(6-11)7-13(18)15-8-9-2-1-3-14(9)19-15/h4-6,8,13,18H,1-3,7H2. The highest BCUT2D eigenvalue weighted by Crippen LogP contribution is 2.35. The van der Waals surface area contributed by atoms with E-state index in [1.54, 1.807) is 11.3 Å². The fourth-order valence-corrected chi connectivity index (χ4v) is 3.77. The van der Waals surface area contributed by atoms with Crippen molar-refractivity contribution < 1.29 is 13.9 Å². The predicted octanol–water partition coefficient (Wildman–Crippen LogP) is 3.79. The van der Waals surface area contributed by atoms with Gasteiger partial charge in [0, 0.05) is 16.2 Å². The zero-order valence-electron chi connectivity index (χ0n) is 10.3. The van der Waals surface area contributed by atoms with Gasteiger partial charge in [0.1, 0.15) is 11.6 Å². The van der Waals surface area contributed by atoms with Crippen LogP contribution in [0.3, 0.4) is 0 Å². The molecule has 100 valence electrons. The first-order valence-electron chi connectivity index (χ1n) is 6.37. The highest BCUT2D eigenvalue weighted by atomic mass is 32.1. The average Bonchev–Trinajstić information content (AvgIpc) is 2.94. The van der Waals surface area contributed by atoms with Crippen LogP contribution in [0.1, 0.15) is 33.4 Å². The molecule has 1 aromatic carbocycles. The molecule has 2 aromatic rings. The molecule has 0 saturated heterocycles. The number of hydrogen-bond donors (Lipinski definition) is 1. The van der Waals surface area contributed by atoms with Crippen LogP contribution < -0.4 is 0 Å². The molecule has 0 saturated carbocycles. The second-order valence-electron chi connectivity index (χ2n) is 4.91. The summed E-state index contributed by atoms with van der Waals surface area (Å²) in [6.45, 7) is 0. The molecule has 3 rings (SSSR count). The number of aliphatic hydroxyl groups excluding tert-OH is 1. The number of rotatable bonds is 3. The molecule has 1 nitrogen and oxygen atoms in total. The van der Waals surface area contributed by atoms with Gasteiger partial charge in [-0.1, -0.05) is 0 Å². The first kappa shape index (κ1) is 12.8. The van der Waals surface area contributed by atoms with Gasteiger partial charge in [0.2, 0.25) is 0 Å². The van der Waals surface area contributed by atoms with Gasteiger partial charge in [0.25, 0.3) is 0 Å². The Morgan fingerprint density at radius 1 is 1.21 bits per heavy atom. The maximum atomic E-state index is 13.5. The number of halogens is 2. The molecule has 1 N–H and O–H groups in total. The lowest BCUT2D eigenvalue weighted by Gasteiger charge is -2.09. The van der Waals surface area contributed by atoms with Gasteiger partial charge in [-0.05, 0) is 54.7 Å². The zero-order chi connectivity index (χ0) is 13.4. The van der Waals surface area contributed by atoms with Gasteiger partial charge in [0.05, 0.1) is 6.10 Å². The fraction of sp³-hybridized carbons (Fsp3) is 0.333. The Balaban J connectivity index is 1.80. The van der Waals surface area contributed by atoms with Gasteiger partial charge in [-0.15, -0.1) is 11.3 Å². The predicted molar refractivity (Wildman–Crippen MR) is 71.4 cm³/mol. The third-order valence-corrected chi connectivity index (χ3v) is 4.85. The van der Waals surface area contributed by atoms with Crippen LogP contribution in [0.5, 0.6) is 0 Å². The summed E-state index contributed by atoms with van der Waals surface area (Å²) < 4.78 is 26.6. The molecule has 1 aliphatic rings. The summed E-state index contributed by atoms with van der Waals surface area (Å²) in [5, 5.41) is 10.2. The maximum Gasteiger partial charge on any atom is 0.126 e. The fourth-order valence-electron chi connectivity index (χ4n) is 2.52. The SMILES string of the molecule is OC(Cc1cc(F)ccc1F)c1cc2c(s1)CCC2. The molecule has 1 unspecified atom stereocenters. The summed E-state index contributed by atoms with van der Waals surface area (Å²) in [7, 11) is 0. The van der Waals surface area contributed by atoms with Gasteiger partial charge in [0.15, 0.2) is 0 Å². The van der Waals surface area contributed by atoms with Crippen molar-refractivity contribution >= 4 is 11.3 Å². The van der Waals surface area contributed by atoms with E-state index in [1.165, 1.54) is 16.9 Å². The molecule has 4 heteroatoms. The minimum Gasteiger partial charge on any atom is -0.387 e. The van der Waals surface area contributed by atoms with E-state index in [9.17, 15) is 13.9 Å². The lowest BCUT2D eigenvalue weighted by molar-refractivity contribution is 0.181. The number of hydrogen-bond acceptors (Lipinski definition) is 2. The van der Waals surface area contributed by atoms with E-state index < -0.39 is 17.7 Å². The van der Waals surface area contributed by atoms with Gasteiger partial charge in [-0.25, -0.2) is 8.78 Å². The van der Waals surface area contributed by atoms with Crippen molar-refractivity contribution in [1.29, 1.82) is 0 Å². The van der Waals surface area contributed by atoms with Crippen LogP contribution >= 0.6 is 11.3 Å². The number of aryl methyl sites for hydroxylation is 2. The Morgan fingerprint density at radius 3 is 2.84 bits per heavy atom. The van der Waals surface area contributed by atoms with Crippen LogP contribution in [0.25, 0.3) is 0 Å². The van der Waals surface area contributed by atoms with E-state index in [0.29, 0.717) is 0 Å². The molecule has 1 heterocycles. The van der Waals surface area contributed by atoms with E-state index >= 15 is 0 Å². The smallest absolute Gasteiger partial charge is 0.126 e. The molecule has 1 atom stereocenters. The van der Waals surface area contributed by atoms with Crippen molar-refractivity contribution in [3.8, 4) is 0 Å². The Kier molecular flexibility index (Phi) is 3.37. The molecule has 1 aromatic heterocycles. The largest absolute Gasteiger partial charge is 0.387 e. The Bertz CT molecular complexity index is 585. The van der Waals surface area contributed by atoms with Crippen LogP contribution in [0.2, 0.25) is 0 Å². The van der Waals surface area contributed by atoms with E-state index in [-0.39, 0.29) is 12.0 Å². The molecule has 0 bridgehead atoms. The monoisotopic (exact) mass is 280 g/mol. The highest BCUT2D eigenvalue weighted by molar-refractivity contribution is 7.12. The molecule has 0 amide bonds. The summed E-state index contributed by atoms with van der Waals surface area (Å²) in [6.07, 6.45) is 2.67. The highest BCUT2D eigenvalue weighted by Gasteiger charge is 2.20. The van der Waals surface area contributed by atoms with Crippen LogP contribution in [-0.4, -0.2) is 5.11 Å². The number of thiophene rings is 1. The van der Waals surface area contributed by atoms with Gasteiger partial charge in [-0.3, -0.25) is 0 Å². The second-order valence-corrected chi connectivity index (χ2v) is 6.07. The van der Waals surface area contributed by atoms with Crippen molar-refractivity contribution in [2.24, 2.45) is 0 Å². The van der Waals surface area contributed by atoms with Crippen molar-refractivity contribution in [2.75, 3.05) is 0 Å². The zero-order valence-corrected chi connectivity index (χ0v) is 11.1. The van der Waals surface area contributed by atoms with E-state index in [0.717, 1.165) is 35.9 Å². The van der Waals surface area contributed by atoms with E-state index in [4.69, 9.17) is 0 Å². The van der Waals surface area contributed by atoms with Crippen molar-refractivity contribution in [1.82, 2.24) is 0 Å². The summed E-state index contributed by atoms with van der Waals surface area (Å²) in [5.41, 5.74) is 1.53. The lowest BCUT2D eigenvalue weighted by atomic mass is 10.1. The van der Waals surface area contributed by atoms with Gasteiger partial charge >= 0.3 is 0 Å². The third kappa shape index (κ3) is 2.55. The van der Waals surface area contributed by atoms with Crippen LogP contribution in [-0.2, 0) is 19.3 Å². The minimum atomic E-state index is -0.758. The van der Waals surface area contributed by atoms with Crippen molar-refractivity contribution in [3.05, 3.63) is 56.8 Å². The first-order valence-corrected chi connectivity index (χ1v) is 7.18. The minimum absolute atomic E-state index is 0.114. The molecular weight excluding hydrogens is 266 g/mol. The van der Waals surface area contributed by atoms with Crippen LogP contribution in [0.4, 0.5) is 8.78 Å². The summed E-state index contributed by atoms with van der Waals surface area (Å²) in [4.78, 5) is 2.18. The summed E-state index contributed by atoms with van der Waals surface area (Å²) >= 11 is 1.59. The normalized spacial score (nSPS) is 15.5. The molecule has 0 spiro atoms.